The number of rotatable bonds is 7. The summed E-state index contributed by atoms with van der Waals surface area (Å²) in [6.07, 6.45) is 3.11. The van der Waals surface area contributed by atoms with E-state index in [9.17, 15) is 14.0 Å². The van der Waals surface area contributed by atoms with Crippen molar-refractivity contribution < 1.29 is 23.8 Å². The third kappa shape index (κ3) is 3.68. The highest BCUT2D eigenvalue weighted by molar-refractivity contribution is 5.97. The summed E-state index contributed by atoms with van der Waals surface area (Å²) in [6, 6.07) is 10.6. The van der Waals surface area contributed by atoms with Crippen molar-refractivity contribution in [2.45, 2.75) is 13.0 Å². The Bertz CT molecular complexity index is 915. The molecule has 0 aliphatic heterocycles. The average Bonchev–Trinajstić information content (AvgIpc) is 2.96. The summed E-state index contributed by atoms with van der Waals surface area (Å²) in [4.78, 5) is 21.9. The molecule has 0 aliphatic rings. The van der Waals surface area contributed by atoms with Gasteiger partial charge in [0.15, 0.2) is 6.29 Å². The van der Waals surface area contributed by atoms with Crippen LogP contribution in [-0.2, 0) is 6.54 Å². The molecule has 0 bridgehead atoms. The largest absolute Gasteiger partial charge is 0.494 e. The van der Waals surface area contributed by atoms with Gasteiger partial charge in [-0.15, -0.1) is 0 Å². The van der Waals surface area contributed by atoms with Gasteiger partial charge in [-0.05, 0) is 48.9 Å². The van der Waals surface area contributed by atoms with E-state index in [1.807, 2.05) is 4.57 Å². The Morgan fingerprint density at radius 2 is 1.96 bits per heavy atom. The molecule has 0 spiro atoms. The van der Waals surface area contributed by atoms with Gasteiger partial charge in [-0.25, -0.2) is 9.18 Å². The van der Waals surface area contributed by atoms with Crippen molar-refractivity contribution >= 4 is 23.2 Å². The molecule has 1 aromatic heterocycles. The molecular formula is C19H16FNO4. The molecule has 0 unspecified atom stereocenters. The second kappa shape index (κ2) is 7.17. The summed E-state index contributed by atoms with van der Waals surface area (Å²) in [7, 11) is 0. The highest BCUT2D eigenvalue weighted by Crippen LogP contribution is 2.22. The van der Waals surface area contributed by atoms with E-state index in [-0.39, 0.29) is 11.4 Å². The number of nitrogens with zero attached hydrogens (tertiary/aromatic N) is 1. The van der Waals surface area contributed by atoms with Gasteiger partial charge in [0.2, 0.25) is 0 Å². The minimum Gasteiger partial charge on any atom is -0.494 e. The molecule has 0 amide bonds. The molecule has 128 valence electrons. The van der Waals surface area contributed by atoms with Crippen molar-refractivity contribution in [1.82, 2.24) is 4.57 Å². The van der Waals surface area contributed by atoms with Crippen LogP contribution in [0.2, 0.25) is 0 Å². The predicted octanol–water partition coefficient (Wildman–Crippen LogP) is 3.76. The third-order valence-electron chi connectivity index (χ3n) is 3.91. The number of aromatic nitrogens is 1. The molecule has 0 saturated carbocycles. The van der Waals surface area contributed by atoms with Gasteiger partial charge in [0.25, 0.3) is 0 Å². The molecule has 0 saturated heterocycles. The molecule has 3 aromatic rings. The molecule has 3 rings (SSSR count). The van der Waals surface area contributed by atoms with Crippen molar-refractivity contribution in [2.75, 3.05) is 6.61 Å². The standard InChI is InChI=1S/C19H16FNO4/c20-15-4-7-18-17(10-15)14(12-22)11-21(18)8-1-9-25-16-5-2-13(3-6-16)19(23)24/h2-7,10-12H,1,8-9H2,(H,23,24). The fourth-order valence-corrected chi connectivity index (χ4v) is 2.69. The van der Waals surface area contributed by atoms with Crippen LogP contribution in [0.25, 0.3) is 10.9 Å². The van der Waals surface area contributed by atoms with Crippen LogP contribution in [0.3, 0.4) is 0 Å². The van der Waals surface area contributed by atoms with Crippen LogP contribution in [0.1, 0.15) is 27.1 Å². The van der Waals surface area contributed by atoms with Gasteiger partial charge in [-0.1, -0.05) is 0 Å². The lowest BCUT2D eigenvalue weighted by Crippen LogP contribution is -2.04. The number of aromatic carboxylic acids is 1. The van der Waals surface area contributed by atoms with E-state index in [4.69, 9.17) is 9.84 Å². The fourth-order valence-electron chi connectivity index (χ4n) is 2.69. The van der Waals surface area contributed by atoms with Gasteiger partial charge in [0.1, 0.15) is 11.6 Å². The molecule has 1 N–H and O–H groups in total. The second-order valence-electron chi connectivity index (χ2n) is 5.59. The molecule has 2 aromatic carbocycles. The molecule has 1 heterocycles. The van der Waals surface area contributed by atoms with Crippen molar-refractivity contribution in [3.05, 3.63) is 65.6 Å². The Balaban J connectivity index is 1.61. The van der Waals surface area contributed by atoms with E-state index in [0.717, 1.165) is 11.8 Å². The Kier molecular flexibility index (Phi) is 4.79. The van der Waals surface area contributed by atoms with Crippen molar-refractivity contribution in [1.29, 1.82) is 0 Å². The summed E-state index contributed by atoms with van der Waals surface area (Å²) in [5.41, 5.74) is 1.47. The number of aldehydes is 1. The van der Waals surface area contributed by atoms with E-state index < -0.39 is 5.97 Å². The first kappa shape index (κ1) is 16.7. The van der Waals surface area contributed by atoms with Crippen LogP contribution in [-0.4, -0.2) is 28.5 Å². The van der Waals surface area contributed by atoms with Crippen LogP contribution >= 0.6 is 0 Å². The number of carbonyl (C=O) groups is 2. The number of carbonyl (C=O) groups excluding carboxylic acids is 1. The molecule has 0 radical (unpaired) electrons. The number of hydrogen-bond donors (Lipinski definition) is 1. The normalized spacial score (nSPS) is 10.8. The minimum absolute atomic E-state index is 0.208. The first-order valence-electron chi connectivity index (χ1n) is 7.78. The zero-order valence-corrected chi connectivity index (χ0v) is 13.3. The van der Waals surface area contributed by atoms with E-state index >= 15 is 0 Å². The average molecular weight is 341 g/mol. The van der Waals surface area contributed by atoms with E-state index in [2.05, 4.69) is 0 Å². The summed E-state index contributed by atoms with van der Waals surface area (Å²) in [6.45, 7) is 1.05. The van der Waals surface area contributed by atoms with E-state index in [1.165, 1.54) is 24.3 Å². The van der Waals surface area contributed by atoms with E-state index in [1.54, 1.807) is 24.4 Å². The lowest BCUT2D eigenvalue weighted by atomic mass is 10.2. The quantitative estimate of drug-likeness (QED) is 0.525. The molecule has 6 heteroatoms. The zero-order valence-electron chi connectivity index (χ0n) is 13.3. The lowest BCUT2D eigenvalue weighted by Gasteiger charge is -2.08. The number of carboxylic acids is 1. The maximum Gasteiger partial charge on any atom is 0.335 e. The van der Waals surface area contributed by atoms with Crippen LogP contribution in [0.5, 0.6) is 5.75 Å². The van der Waals surface area contributed by atoms with Gasteiger partial charge in [-0.2, -0.15) is 0 Å². The lowest BCUT2D eigenvalue weighted by molar-refractivity contribution is 0.0696. The molecule has 5 nitrogen and oxygen atoms in total. The monoisotopic (exact) mass is 341 g/mol. The number of benzene rings is 2. The second-order valence-corrected chi connectivity index (χ2v) is 5.59. The van der Waals surface area contributed by atoms with Gasteiger partial charge >= 0.3 is 5.97 Å². The molecule has 0 aliphatic carbocycles. The van der Waals surface area contributed by atoms with Gasteiger partial charge < -0.3 is 14.4 Å². The number of aryl methyl sites for hydroxylation is 1. The highest BCUT2D eigenvalue weighted by atomic mass is 19.1. The smallest absolute Gasteiger partial charge is 0.335 e. The number of fused-ring (bicyclic) bond motifs is 1. The van der Waals surface area contributed by atoms with Crippen LogP contribution < -0.4 is 4.74 Å². The first-order valence-corrected chi connectivity index (χ1v) is 7.78. The maximum atomic E-state index is 13.4. The van der Waals surface area contributed by atoms with Crippen LogP contribution in [0.4, 0.5) is 4.39 Å². The van der Waals surface area contributed by atoms with Crippen molar-refractivity contribution in [2.24, 2.45) is 0 Å². The fraction of sp³-hybridized carbons (Fsp3) is 0.158. The van der Waals surface area contributed by atoms with Gasteiger partial charge in [0.05, 0.1) is 12.2 Å². The predicted molar refractivity (Wildman–Crippen MR) is 90.8 cm³/mol. The maximum absolute atomic E-state index is 13.4. The molecule has 0 fully saturated rings. The number of hydrogen-bond acceptors (Lipinski definition) is 3. The number of ether oxygens (including phenoxy) is 1. The zero-order chi connectivity index (χ0) is 17.8. The van der Waals surface area contributed by atoms with Crippen molar-refractivity contribution in [3.63, 3.8) is 0 Å². The van der Waals surface area contributed by atoms with Crippen LogP contribution in [0, 0.1) is 5.82 Å². The van der Waals surface area contributed by atoms with E-state index in [0.29, 0.717) is 36.3 Å². The van der Waals surface area contributed by atoms with Crippen LogP contribution in [0.15, 0.2) is 48.7 Å². The topological polar surface area (TPSA) is 68.5 Å². The van der Waals surface area contributed by atoms with Gasteiger partial charge in [0, 0.05) is 29.2 Å². The summed E-state index contributed by atoms with van der Waals surface area (Å²) in [5.74, 6) is -0.757. The highest BCUT2D eigenvalue weighted by Gasteiger charge is 2.09. The summed E-state index contributed by atoms with van der Waals surface area (Å²) >= 11 is 0. The molecule has 0 atom stereocenters. The first-order chi connectivity index (χ1) is 12.1. The minimum atomic E-state index is -0.978. The number of carboxylic acid groups (broad SMARTS) is 1. The Hall–Kier alpha value is -3.15. The Morgan fingerprint density at radius 1 is 1.20 bits per heavy atom. The Morgan fingerprint density at radius 3 is 2.64 bits per heavy atom. The SMILES string of the molecule is O=Cc1cn(CCCOc2ccc(C(=O)O)cc2)c2ccc(F)cc12. The summed E-state index contributed by atoms with van der Waals surface area (Å²) < 4.78 is 20.8. The number of halogens is 1. The Labute approximate surface area is 143 Å². The molecular weight excluding hydrogens is 325 g/mol. The van der Waals surface area contributed by atoms with Gasteiger partial charge in [-0.3, -0.25) is 4.79 Å². The summed E-state index contributed by atoms with van der Waals surface area (Å²) in [5, 5.41) is 9.45. The van der Waals surface area contributed by atoms with Crippen molar-refractivity contribution in [3.8, 4) is 5.75 Å². The molecule has 25 heavy (non-hydrogen) atoms. The third-order valence-corrected chi connectivity index (χ3v) is 3.91.